The van der Waals surface area contributed by atoms with Gasteiger partial charge in [-0.1, -0.05) is 24.3 Å². The number of fused-ring (bicyclic) bond motifs is 1. The third-order valence-electron chi connectivity index (χ3n) is 3.96. The minimum Gasteiger partial charge on any atom is -0.478 e. The Kier molecular flexibility index (Phi) is 3.47. The van der Waals surface area contributed by atoms with Gasteiger partial charge in [0.25, 0.3) is 5.56 Å². The second-order valence-corrected chi connectivity index (χ2v) is 5.59. The van der Waals surface area contributed by atoms with Crippen LogP contribution in [0.5, 0.6) is 0 Å². The summed E-state index contributed by atoms with van der Waals surface area (Å²) < 4.78 is 0. The molecule has 4 aromatic rings. The molecule has 2 aromatic heterocycles. The summed E-state index contributed by atoms with van der Waals surface area (Å²) in [6, 6.07) is 11.6. The van der Waals surface area contributed by atoms with Crippen LogP contribution in [0, 0.1) is 0 Å². The molecule has 2 heterocycles. The lowest BCUT2D eigenvalue weighted by Crippen LogP contribution is -2.09. The minimum absolute atomic E-state index is 0.136. The minimum atomic E-state index is -0.988. The molecule has 4 rings (SSSR count). The Balaban J connectivity index is 1.75. The van der Waals surface area contributed by atoms with E-state index in [4.69, 9.17) is 10.8 Å². The molecule has 26 heavy (non-hydrogen) atoms. The van der Waals surface area contributed by atoms with Crippen LogP contribution in [0.4, 0.5) is 5.69 Å². The molecule has 0 spiro atoms. The largest absolute Gasteiger partial charge is 0.478 e. The topological polar surface area (TPSA) is 151 Å². The van der Waals surface area contributed by atoms with Crippen molar-refractivity contribution in [2.75, 3.05) is 5.73 Å². The molecule has 0 unspecified atom stereocenters. The Morgan fingerprint density at radius 1 is 1.04 bits per heavy atom. The van der Waals surface area contributed by atoms with E-state index < -0.39 is 11.5 Å². The first-order chi connectivity index (χ1) is 12.5. The normalized spacial score (nSPS) is 10.9. The second-order valence-electron chi connectivity index (χ2n) is 5.59. The lowest BCUT2D eigenvalue weighted by Gasteiger charge is -2.09. The zero-order valence-corrected chi connectivity index (χ0v) is 13.2. The molecule has 0 amide bonds. The van der Waals surface area contributed by atoms with Crippen LogP contribution < -0.4 is 11.3 Å². The number of aromatic amines is 2. The summed E-state index contributed by atoms with van der Waals surface area (Å²) in [5, 5.41) is 18.9. The fraction of sp³-hybridized carbons (Fsp3) is 0. The van der Waals surface area contributed by atoms with Crippen molar-refractivity contribution in [2.45, 2.75) is 0 Å². The van der Waals surface area contributed by atoms with Crippen LogP contribution in [0.2, 0.25) is 0 Å². The first-order valence-electron chi connectivity index (χ1n) is 7.57. The SMILES string of the molecule is Nc1cc(-c2nc3n[nH]nc3c(=O)[nH]2)ccc1-c1ccc(C(=O)O)cc1. The number of carboxylic acids is 1. The molecule has 0 aliphatic rings. The van der Waals surface area contributed by atoms with E-state index in [0.717, 1.165) is 11.1 Å². The third kappa shape index (κ3) is 2.57. The van der Waals surface area contributed by atoms with Gasteiger partial charge >= 0.3 is 5.97 Å². The zero-order valence-electron chi connectivity index (χ0n) is 13.2. The molecular weight excluding hydrogens is 336 g/mol. The molecule has 128 valence electrons. The van der Waals surface area contributed by atoms with Gasteiger partial charge in [-0.25, -0.2) is 9.78 Å². The smallest absolute Gasteiger partial charge is 0.335 e. The molecule has 0 aliphatic heterocycles. The lowest BCUT2D eigenvalue weighted by atomic mass is 10.0. The van der Waals surface area contributed by atoms with Gasteiger partial charge in [-0.3, -0.25) is 4.79 Å². The van der Waals surface area contributed by atoms with Crippen molar-refractivity contribution >= 4 is 22.8 Å². The van der Waals surface area contributed by atoms with Crippen molar-refractivity contribution in [1.29, 1.82) is 0 Å². The molecule has 0 radical (unpaired) electrons. The Labute approximate surface area is 145 Å². The van der Waals surface area contributed by atoms with Crippen LogP contribution in [0.1, 0.15) is 10.4 Å². The monoisotopic (exact) mass is 348 g/mol. The number of hydrogen-bond donors (Lipinski definition) is 4. The number of nitrogens with one attached hydrogen (secondary N) is 2. The molecule has 9 nitrogen and oxygen atoms in total. The van der Waals surface area contributed by atoms with Crippen LogP contribution >= 0.6 is 0 Å². The molecule has 0 fully saturated rings. The summed E-state index contributed by atoms with van der Waals surface area (Å²) in [6.07, 6.45) is 0. The van der Waals surface area contributed by atoms with Crippen molar-refractivity contribution in [3.8, 4) is 22.5 Å². The van der Waals surface area contributed by atoms with E-state index in [1.54, 1.807) is 30.3 Å². The molecule has 9 heteroatoms. The van der Waals surface area contributed by atoms with Gasteiger partial charge in [-0.15, -0.1) is 10.2 Å². The highest BCUT2D eigenvalue weighted by atomic mass is 16.4. The highest BCUT2D eigenvalue weighted by molar-refractivity contribution is 5.89. The highest BCUT2D eigenvalue weighted by Crippen LogP contribution is 2.29. The maximum atomic E-state index is 12.0. The fourth-order valence-electron chi connectivity index (χ4n) is 2.66. The van der Waals surface area contributed by atoms with Gasteiger partial charge in [0.15, 0.2) is 5.52 Å². The van der Waals surface area contributed by atoms with Crippen molar-refractivity contribution in [1.82, 2.24) is 25.4 Å². The number of aromatic carboxylic acids is 1. The molecule has 0 saturated carbocycles. The van der Waals surface area contributed by atoms with Crippen LogP contribution in [0.3, 0.4) is 0 Å². The predicted molar refractivity (Wildman–Crippen MR) is 94.5 cm³/mol. The number of aromatic nitrogens is 5. The van der Waals surface area contributed by atoms with Gasteiger partial charge in [-0.2, -0.15) is 5.21 Å². The van der Waals surface area contributed by atoms with E-state index in [1.165, 1.54) is 12.1 Å². The number of carboxylic acid groups (broad SMARTS) is 1. The zero-order chi connectivity index (χ0) is 18.3. The van der Waals surface area contributed by atoms with Gasteiger partial charge in [0.2, 0.25) is 5.65 Å². The van der Waals surface area contributed by atoms with E-state index >= 15 is 0 Å². The number of nitrogen functional groups attached to an aromatic ring is 1. The highest BCUT2D eigenvalue weighted by Gasteiger charge is 2.11. The second kappa shape index (κ2) is 5.81. The Morgan fingerprint density at radius 2 is 1.77 bits per heavy atom. The van der Waals surface area contributed by atoms with Crippen LogP contribution in [0.25, 0.3) is 33.7 Å². The number of nitrogens with two attached hydrogens (primary N) is 1. The lowest BCUT2D eigenvalue weighted by molar-refractivity contribution is 0.0697. The average Bonchev–Trinajstić information content (AvgIpc) is 3.11. The summed E-state index contributed by atoms with van der Waals surface area (Å²) in [5.41, 5.74) is 8.92. The predicted octanol–water partition coefficient (Wildman–Crippen LogP) is 1.66. The number of rotatable bonds is 3. The van der Waals surface area contributed by atoms with Crippen LogP contribution in [-0.2, 0) is 0 Å². The van der Waals surface area contributed by atoms with Gasteiger partial charge < -0.3 is 15.8 Å². The first kappa shape index (κ1) is 15.5. The standard InChI is InChI=1S/C17H12N6O3/c18-12-7-10(14-19-15-13(16(24)20-14)21-23-22-15)5-6-11(12)8-1-3-9(4-2-8)17(25)26/h1-7H,18H2,(H,25,26)(H2,19,20,21,22,23,24). The number of benzene rings is 2. The van der Waals surface area contributed by atoms with E-state index in [1.807, 2.05) is 0 Å². The van der Waals surface area contributed by atoms with Crippen LogP contribution in [-0.4, -0.2) is 36.5 Å². The summed E-state index contributed by atoms with van der Waals surface area (Å²) in [4.78, 5) is 29.9. The van der Waals surface area contributed by atoms with Crippen molar-refractivity contribution in [2.24, 2.45) is 0 Å². The van der Waals surface area contributed by atoms with Crippen molar-refractivity contribution < 1.29 is 9.90 Å². The molecule has 0 atom stereocenters. The average molecular weight is 348 g/mol. The molecule has 0 saturated heterocycles. The summed E-state index contributed by atoms with van der Waals surface area (Å²) in [7, 11) is 0. The summed E-state index contributed by atoms with van der Waals surface area (Å²) >= 11 is 0. The van der Waals surface area contributed by atoms with E-state index in [9.17, 15) is 9.59 Å². The first-order valence-corrected chi connectivity index (χ1v) is 7.57. The molecule has 0 aliphatic carbocycles. The molecule has 0 bridgehead atoms. The van der Waals surface area contributed by atoms with E-state index in [-0.39, 0.29) is 16.7 Å². The summed E-state index contributed by atoms with van der Waals surface area (Å²) in [6.45, 7) is 0. The Morgan fingerprint density at radius 3 is 2.46 bits per heavy atom. The van der Waals surface area contributed by atoms with Crippen LogP contribution in [0.15, 0.2) is 47.3 Å². The number of anilines is 1. The number of carbonyl (C=O) groups is 1. The fourth-order valence-corrected chi connectivity index (χ4v) is 2.66. The third-order valence-corrected chi connectivity index (χ3v) is 3.96. The maximum Gasteiger partial charge on any atom is 0.335 e. The molecule has 5 N–H and O–H groups in total. The number of hydrogen-bond acceptors (Lipinski definition) is 6. The summed E-state index contributed by atoms with van der Waals surface area (Å²) in [5.74, 6) is -0.658. The number of nitrogens with zero attached hydrogens (tertiary/aromatic N) is 3. The number of H-pyrrole nitrogens is 2. The van der Waals surface area contributed by atoms with Gasteiger partial charge in [0, 0.05) is 16.8 Å². The van der Waals surface area contributed by atoms with Gasteiger partial charge in [0.1, 0.15) is 5.82 Å². The quantitative estimate of drug-likeness (QED) is 0.411. The Hall–Kier alpha value is -4.01. The van der Waals surface area contributed by atoms with Crippen molar-refractivity contribution in [3.05, 3.63) is 58.4 Å². The van der Waals surface area contributed by atoms with Gasteiger partial charge in [-0.05, 0) is 23.8 Å². The maximum absolute atomic E-state index is 12.0. The van der Waals surface area contributed by atoms with Crippen molar-refractivity contribution in [3.63, 3.8) is 0 Å². The molecular formula is C17H12N6O3. The molecule has 2 aromatic carbocycles. The van der Waals surface area contributed by atoms with E-state index in [2.05, 4.69) is 25.4 Å². The van der Waals surface area contributed by atoms with Gasteiger partial charge in [0.05, 0.1) is 5.56 Å². The Bertz CT molecular complexity index is 1190. The van der Waals surface area contributed by atoms with E-state index in [0.29, 0.717) is 17.1 Å².